The summed E-state index contributed by atoms with van der Waals surface area (Å²) in [5.74, 6) is 0.221. The number of rotatable bonds is 5. The summed E-state index contributed by atoms with van der Waals surface area (Å²) in [4.78, 5) is 14.5. The molecule has 18 heavy (non-hydrogen) atoms. The zero-order chi connectivity index (χ0) is 13.5. The summed E-state index contributed by atoms with van der Waals surface area (Å²) in [5.41, 5.74) is 6.83. The van der Waals surface area contributed by atoms with Crippen molar-refractivity contribution in [3.8, 4) is 0 Å². The van der Waals surface area contributed by atoms with E-state index in [9.17, 15) is 4.79 Å². The molecule has 0 unspecified atom stereocenters. The van der Waals surface area contributed by atoms with Crippen LogP contribution in [0.1, 0.15) is 59.3 Å². The number of carbonyl (C=O) groups is 1. The summed E-state index contributed by atoms with van der Waals surface area (Å²) < 4.78 is 0. The van der Waals surface area contributed by atoms with E-state index in [4.69, 9.17) is 5.73 Å². The molecular weight excluding hydrogens is 224 g/mol. The standard InChI is InChI=1S/C15H28N2O/c1-4-6-12(3)15(18)17(11-5-2)14-9-7-13(16)8-10-14/h6,13-14H,4-5,7-11,16H2,1-3H3. The molecule has 1 fully saturated rings. The first-order chi connectivity index (χ1) is 8.60. The lowest BCUT2D eigenvalue weighted by molar-refractivity contribution is -0.130. The van der Waals surface area contributed by atoms with Gasteiger partial charge in [-0.2, -0.15) is 0 Å². The smallest absolute Gasteiger partial charge is 0.249 e. The van der Waals surface area contributed by atoms with Gasteiger partial charge in [0.25, 0.3) is 0 Å². The fourth-order valence-electron chi connectivity index (χ4n) is 2.72. The molecule has 1 amide bonds. The first-order valence-corrected chi connectivity index (χ1v) is 7.33. The van der Waals surface area contributed by atoms with E-state index in [0.29, 0.717) is 12.1 Å². The number of hydrogen-bond donors (Lipinski definition) is 1. The molecule has 104 valence electrons. The van der Waals surface area contributed by atoms with Crippen molar-refractivity contribution in [3.63, 3.8) is 0 Å². The predicted octanol–water partition coefficient (Wildman–Crippen LogP) is 2.85. The largest absolute Gasteiger partial charge is 0.336 e. The van der Waals surface area contributed by atoms with E-state index in [1.165, 1.54) is 0 Å². The van der Waals surface area contributed by atoms with Crippen molar-refractivity contribution in [2.45, 2.75) is 71.4 Å². The van der Waals surface area contributed by atoms with Crippen LogP contribution in [-0.2, 0) is 4.79 Å². The van der Waals surface area contributed by atoms with Gasteiger partial charge in [0, 0.05) is 24.2 Å². The third kappa shape index (κ3) is 4.13. The van der Waals surface area contributed by atoms with E-state index in [1.807, 2.05) is 13.0 Å². The Morgan fingerprint density at radius 2 is 1.89 bits per heavy atom. The van der Waals surface area contributed by atoms with Crippen LogP contribution >= 0.6 is 0 Å². The van der Waals surface area contributed by atoms with Gasteiger partial charge in [-0.25, -0.2) is 0 Å². The molecule has 0 bridgehead atoms. The minimum absolute atomic E-state index is 0.221. The van der Waals surface area contributed by atoms with Crippen LogP contribution in [0.3, 0.4) is 0 Å². The van der Waals surface area contributed by atoms with Crippen LogP contribution in [0.2, 0.25) is 0 Å². The van der Waals surface area contributed by atoms with E-state index < -0.39 is 0 Å². The van der Waals surface area contributed by atoms with Gasteiger partial charge in [-0.3, -0.25) is 4.79 Å². The zero-order valence-electron chi connectivity index (χ0n) is 12.1. The molecule has 1 aliphatic carbocycles. The maximum absolute atomic E-state index is 12.4. The highest BCUT2D eigenvalue weighted by Gasteiger charge is 2.27. The van der Waals surface area contributed by atoms with E-state index in [2.05, 4.69) is 18.7 Å². The summed E-state index contributed by atoms with van der Waals surface area (Å²) in [6, 6.07) is 0.740. The monoisotopic (exact) mass is 252 g/mol. The molecule has 3 heteroatoms. The molecule has 0 spiro atoms. The quantitative estimate of drug-likeness (QED) is 0.765. The van der Waals surface area contributed by atoms with E-state index in [-0.39, 0.29) is 5.91 Å². The zero-order valence-corrected chi connectivity index (χ0v) is 12.1. The molecule has 0 radical (unpaired) electrons. The van der Waals surface area contributed by atoms with Gasteiger partial charge in [-0.1, -0.05) is 19.9 Å². The van der Waals surface area contributed by atoms with Crippen molar-refractivity contribution in [2.24, 2.45) is 5.73 Å². The first kappa shape index (κ1) is 15.2. The lowest BCUT2D eigenvalue weighted by Crippen LogP contribution is -2.45. The van der Waals surface area contributed by atoms with Crippen LogP contribution in [0.5, 0.6) is 0 Å². The van der Waals surface area contributed by atoms with E-state index >= 15 is 0 Å². The Kier molecular flexibility index (Phi) is 6.41. The van der Waals surface area contributed by atoms with Gasteiger partial charge >= 0.3 is 0 Å². The lowest BCUT2D eigenvalue weighted by Gasteiger charge is -2.36. The highest BCUT2D eigenvalue weighted by Crippen LogP contribution is 2.23. The average molecular weight is 252 g/mol. The molecule has 1 saturated carbocycles. The van der Waals surface area contributed by atoms with Crippen molar-refractivity contribution in [1.82, 2.24) is 4.90 Å². The summed E-state index contributed by atoms with van der Waals surface area (Å²) in [6.45, 7) is 7.00. The molecule has 2 N–H and O–H groups in total. The van der Waals surface area contributed by atoms with Gasteiger partial charge in [0.2, 0.25) is 5.91 Å². The van der Waals surface area contributed by atoms with Crippen molar-refractivity contribution in [2.75, 3.05) is 6.54 Å². The van der Waals surface area contributed by atoms with Crippen LogP contribution in [0.15, 0.2) is 11.6 Å². The highest BCUT2D eigenvalue weighted by atomic mass is 16.2. The van der Waals surface area contributed by atoms with Crippen molar-refractivity contribution in [1.29, 1.82) is 0 Å². The Labute approximate surface area is 111 Å². The lowest BCUT2D eigenvalue weighted by atomic mass is 9.90. The second-order valence-electron chi connectivity index (χ2n) is 5.36. The van der Waals surface area contributed by atoms with Crippen molar-refractivity contribution < 1.29 is 4.79 Å². The van der Waals surface area contributed by atoms with Crippen molar-refractivity contribution >= 4 is 5.91 Å². The molecular formula is C15H28N2O. The Morgan fingerprint density at radius 1 is 1.28 bits per heavy atom. The number of hydrogen-bond acceptors (Lipinski definition) is 2. The second-order valence-corrected chi connectivity index (χ2v) is 5.36. The molecule has 0 aromatic carbocycles. The van der Waals surface area contributed by atoms with Gasteiger partial charge in [-0.05, 0) is 45.4 Å². The number of nitrogens with two attached hydrogens (primary N) is 1. The summed E-state index contributed by atoms with van der Waals surface area (Å²) in [6.07, 6.45) is 8.20. The van der Waals surface area contributed by atoms with Crippen LogP contribution in [0.25, 0.3) is 0 Å². The normalized spacial score (nSPS) is 25.0. The minimum atomic E-state index is 0.221. The molecule has 0 aromatic heterocycles. The third-order valence-electron chi connectivity index (χ3n) is 3.76. The second kappa shape index (κ2) is 7.57. The topological polar surface area (TPSA) is 46.3 Å². The fourth-order valence-corrected chi connectivity index (χ4v) is 2.72. The van der Waals surface area contributed by atoms with Crippen molar-refractivity contribution in [3.05, 3.63) is 11.6 Å². The predicted molar refractivity (Wildman–Crippen MR) is 76.3 cm³/mol. The molecule has 1 aliphatic rings. The Balaban J connectivity index is 2.69. The van der Waals surface area contributed by atoms with Crippen LogP contribution < -0.4 is 5.73 Å². The van der Waals surface area contributed by atoms with Gasteiger partial charge < -0.3 is 10.6 Å². The van der Waals surface area contributed by atoms with Gasteiger partial charge in [0.05, 0.1) is 0 Å². The molecule has 0 saturated heterocycles. The summed E-state index contributed by atoms with van der Waals surface area (Å²) >= 11 is 0. The molecule has 0 atom stereocenters. The van der Waals surface area contributed by atoms with Crippen LogP contribution in [-0.4, -0.2) is 29.4 Å². The van der Waals surface area contributed by atoms with Crippen LogP contribution in [0, 0.1) is 0 Å². The van der Waals surface area contributed by atoms with Crippen LogP contribution in [0.4, 0.5) is 0 Å². The molecule has 0 aliphatic heterocycles. The number of allylic oxidation sites excluding steroid dienone is 1. The molecule has 3 nitrogen and oxygen atoms in total. The van der Waals surface area contributed by atoms with E-state index in [0.717, 1.165) is 50.6 Å². The SMILES string of the molecule is CCC=C(C)C(=O)N(CCC)C1CCC(N)CC1. The first-order valence-electron chi connectivity index (χ1n) is 7.33. The minimum Gasteiger partial charge on any atom is -0.336 e. The molecule has 0 aromatic rings. The Hall–Kier alpha value is -0.830. The maximum Gasteiger partial charge on any atom is 0.249 e. The Morgan fingerprint density at radius 3 is 2.39 bits per heavy atom. The molecule has 1 rings (SSSR count). The average Bonchev–Trinajstić information content (AvgIpc) is 2.37. The number of amides is 1. The summed E-state index contributed by atoms with van der Waals surface area (Å²) in [7, 11) is 0. The summed E-state index contributed by atoms with van der Waals surface area (Å²) in [5, 5.41) is 0. The fraction of sp³-hybridized carbons (Fsp3) is 0.800. The van der Waals surface area contributed by atoms with E-state index in [1.54, 1.807) is 0 Å². The Bertz CT molecular complexity index is 291. The van der Waals surface area contributed by atoms with Gasteiger partial charge in [0.15, 0.2) is 0 Å². The van der Waals surface area contributed by atoms with Gasteiger partial charge in [-0.15, -0.1) is 0 Å². The third-order valence-corrected chi connectivity index (χ3v) is 3.76. The number of carbonyl (C=O) groups excluding carboxylic acids is 1. The van der Waals surface area contributed by atoms with Gasteiger partial charge in [0.1, 0.15) is 0 Å². The maximum atomic E-state index is 12.4. The molecule has 0 heterocycles. The highest BCUT2D eigenvalue weighted by molar-refractivity contribution is 5.93. The number of nitrogens with zero attached hydrogens (tertiary/aromatic N) is 1.